The number of rotatable bonds is 1. The van der Waals surface area contributed by atoms with Crippen molar-refractivity contribution in [1.82, 2.24) is 0 Å². The van der Waals surface area contributed by atoms with Crippen LogP contribution in [0.4, 0.5) is 4.39 Å². The Morgan fingerprint density at radius 1 is 1.43 bits per heavy atom. The molecule has 78 valence electrons. The number of hydrogen-bond donors (Lipinski definition) is 2. The van der Waals surface area contributed by atoms with Gasteiger partial charge in [0.2, 0.25) is 0 Å². The summed E-state index contributed by atoms with van der Waals surface area (Å²) in [4.78, 5) is 0. The van der Waals surface area contributed by atoms with E-state index >= 15 is 0 Å². The number of halogens is 1. The summed E-state index contributed by atoms with van der Waals surface area (Å²) in [6.45, 7) is 3.84. The summed E-state index contributed by atoms with van der Waals surface area (Å²) in [5, 5.41) is 8.55. The smallest absolute Gasteiger partial charge is 0.117 e. The number of aliphatic hydroxyl groups is 1. The summed E-state index contributed by atoms with van der Waals surface area (Å²) in [5.41, 5.74) is 0.643. The van der Waals surface area contributed by atoms with Gasteiger partial charge in [-0.15, -0.1) is 0 Å². The molecule has 0 saturated carbocycles. The molecule has 1 aromatic rings. The number of aliphatic hydroxyl groups excluding tert-OH is 1. The van der Waals surface area contributed by atoms with Gasteiger partial charge >= 0.3 is 0 Å². The van der Waals surface area contributed by atoms with E-state index in [2.05, 4.69) is 20.7 Å². The molecule has 1 aromatic carbocycles. The van der Waals surface area contributed by atoms with E-state index < -0.39 is 5.82 Å². The second-order valence-corrected chi connectivity index (χ2v) is 2.01. The van der Waals surface area contributed by atoms with Crippen molar-refractivity contribution in [2.75, 3.05) is 0 Å². The van der Waals surface area contributed by atoms with E-state index in [0.717, 1.165) is 0 Å². The fourth-order valence-corrected chi connectivity index (χ4v) is 0.669. The Kier molecular flexibility index (Phi) is 12.9. The Bertz CT molecular complexity index is 248. The molecule has 1 unspecified atom stereocenters. The summed E-state index contributed by atoms with van der Waals surface area (Å²) < 4.78 is 12.5. The number of thiol groups is 1. The zero-order chi connectivity index (χ0) is 11.6. The summed E-state index contributed by atoms with van der Waals surface area (Å²) in [6, 6.07) is 4.23. The van der Waals surface area contributed by atoms with Crippen molar-refractivity contribution in [3.8, 4) is 0 Å². The second-order valence-electron chi connectivity index (χ2n) is 2.01. The first-order valence-electron chi connectivity index (χ1n) is 4.14. The van der Waals surface area contributed by atoms with E-state index in [4.69, 9.17) is 13.0 Å². The van der Waals surface area contributed by atoms with Gasteiger partial charge in [-0.2, -0.15) is 12.2 Å². The van der Waals surface area contributed by atoms with Crippen LogP contribution in [0.1, 0.15) is 19.4 Å². The van der Waals surface area contributed by atoms with Crippen molar-refractivity contribution >= 4 is 34.0 Å². The fourth-order valence-electron chi connectivity index (χ4n) is 0.669. The molecule has 0 heterocycles. The summed E-state index contributed by atoms with van der Waals surface area (Å²) in [6.07, 6.45) is 0. The predicted octanol–water partition coefficient (Wildman–Crippen LogP) is 1.84. The molecular weight excluding hydrogens is 217 g/mol. The van der Waals surface area contributed by atoms with Gasteiger partial charge in [0.15, 0.2) is 0 Å². The molecule has 1 rings (SSSR count). The van der Waals surface area contributed by atoms with E-state index in [-0.39, 0.29) is 12.1 Å². The van der Waals surface area contributed by atoms with Gasteiger partial charge in [0.1, 0.15) is 13.7 Å². The molecular formula is C9H15BFOPS. The summed E-state index contributed by atoms with van der Waals surface area (Å²) >= 11 is 3.44. The van der Waals surface area contributed by atoms with Crippen LogP contribution in [0.25, 0.3) is 0 Å². The lowest BCUT2D eigenvalue weighted by atomic mass is 9.94. The van der Waals surface area contributed by atoms with E-state index in [1.165, 1.54) is 12.1 Å². The third kappa shape index (κ3) is 6.42. The fraction of sp³-hybridized carbons (Fsp3) is 0.333. The topological polar surface area (TPSA) is 20.2 Å². The minimum absolute atomic E-state index is 0.109. The third-order valence-electron chi connectivity index (χ3n) is 1.25. The molecule has 14 heavy (non-hydrogen) atoms. The van der Waals surface area contributed by atoms with Crippen molar-refractivity contribution in [1.29, 1.82) is 0 Å². The molecule has 0 aliphatic rings. The van der Waals surface area contributed by atoms with Gasteiger partial charge in [-0.1, -0.05) is 39.9 Å². The van der Waals surface area contributed by atoms with Crippen LogP contribution in [-0.2, 0) is 6.61 Å². The number of hydrogen-bond acceptors (Lipinski definition) is 2. The standard InChI is InChI=1S/C7H6BFO.C2H6.H3PS/c8-6-2-1-5(4-10)3-7(6)9;2*1-2/h1-3,10H,4H2;1-2H3;2H,1H2. The lowest BCUT2D eigenvalue weighted by molar-refractivity contribution is 0.281. The average molecular weight is 232 g/mol. The largest absolute Gasteiger partial charge is 0.392 e. The van der Waals surface area contributed by atoms with Gasteiger partial charge in [0.05, 0.1) is 6.61 Å². The van der Waals surface area contributed by atoms with Gasteiger partial charge in [0, 0.05) is 0 Å². The maximum atomic E-state index is 12.5. The first-order valence-corrected chi connectivity index (χ1v) is 6.21. The second kappa shape index (κ2) is 11.0. The van der Waals surface area contributed by atoms with Crippen molar-refractivity contribution in [3.05, 3.63) is 29.6 Å². The van der Waals surface area contributed by atoms with Crippen LogP contribution in [0.3, 0.4) is 0 Å². The molecule has 1 nitrogen and oxygen atoms in total. The van der Waals surface area contributed by atoms with Gasteiger partial charge in [-0.3, -0.25) is 0 Å². The van der Waals surface area contributed by atoms with Crippen LogP contribution in [0.2, 0.25) is 0 Å². The first kappa shape index (κ1) is 16.4. The minimum Gasteiger partial charge on any atom is -0.392 e. The SMILES string of the molecule is CC.PS.[B]c1ccc(CO)cc1F. The average Bonchev–Trinajstić information content (AvgIpc) is 2.28. The maximum Gasteiger partial charge on any atom is 0.117 e. The maximum absolute atomic E-state index is 12.5. The Morgan fingerprint density at radius 3 is 2.29 bits per heavy atom. The van der Waals surface area contributed by atoms with Gasteiger partial charge in [-0.05, 0) is 11.6 Å². The zero-order valence-electron chi connectivity index (χ0n) is 8.37. The predicted molar refractivity (Wildman–Crippen MR) is 67.8 cm³/mol. The minimum atomic E-state index is -0.480. The van der Waals surface area contributed by atoms with Gasteiger partial charge < -0.3 is 5.11 Å². The van der Waals surface area contributed by atoms with Crippen LogP contribution in [0.5, 0.6) is 0 Å². The highest BCUT2D eigenvalue weighted by Crippen LogP contribution is 1.99. The quantitative estimate of drug-likeness (QED) is 0.430. The van der Waals surface area contributed by atoms with Crippen molar-refractivity contribution in [3.63, 3.8) is 0 Å². The summed E-state index contributed by atoms with van der Waals surface area (Å²) in [7, 11) is 7.30. The molecule has 0 aliphatic carbocycles. The van der Waals surface area contributed by atoms with E-state index in [0.29, 0.717) is 5.56 Å². The molecule has 1 N–H and O–H groups in total. The lowest BCUT2D eigenvalue weighted by Gasteiger charge is -1.98. The van der Waals surface area contributed by atoms with Crippen LogP contribution >= 0.6 is 20.7 Å². The van der Waals surface area contributed by atoms with Gasteiger partial charge in [0.25, 0.3) is 0 Å². The molecule has 0 amide bonds. The van der Waals surface area contributed by atoms with Crippen LogP contribution in [0, 0.1) is 5.82 Å². The van der Waals surface area contributed by atoms with E-state index in [1.807, 2.05) is 13.8 Å². The van der Waals surface area contributed by atoms with Crippen LogP contribution < -0.4 is 5.46 Å². The highest BCUT2D eigenvalue weighted by atomic mass is 32.7. The number of benzene rings is 1. The Hall–Kier alpha value is -0.0451. The first-order chi connectivity index (χ1) is 6.74. The summed E-state index contributed by atoms with van der Waals surface area (Å²) in [5.74, 6) is -0.480. The zero-order valence-corrected chi connectivity index (χ0v) is 10.4. The molecule has 0 fully saturated rings. The van der Waals surface area contributed by atoms with Crippen LogP contribution in [0.15, 0.2) is 18.2 Å². The molecule has 2 radical (unpaired) electrons. The molecule has 0 bridgehead atoms. The molecule has 1 atom stereocenters. The Labute approximate surface area is 93.9 Å². The molecule has 5 heteroatoms. The molecule has 0 saturated heterocycles. The van der Waals surface area contributed by atoms with E-state index in [1.54, 1.807) is 6.07 Å². The lowest BCUT2D eigenvalue weighted by Crippen LogP contribution is -2.07. The van der Waals surface area contributed by atoms with Crippen molar-refractivity contribution in [2.45, 2.75) is 20.5 Å². The van der Waals surface area contributed by atoms with Crippen LogP contribution in [-0.4, -0.2) is 13.0 Å². The Morgan fingerprint density at radius 2 is 1.93 bits per heavy atom. The molecule has 0 aromatic heterocycles. The third-order valence-corrected chi connectivity index (χ3v) is 1.25. The molecule has 0 aliphatic heterocycles. The highest BCUT2D eigenvalue weighted by molar-refractivity contribution is 8.31. The van der Waals surface area contributed by atoms with Gasteiger partial charge in [-0.25, -0.2) is 4.39 Å². The van der Waals surface area contributed by atoms with E-state index in [9.17, 15) is 4.39 Å². The Balaban J connectivity index is 0. The highest BCUT2D eigenvalue weighted by Gasteiger charge is 1.96. The van der Waals surface area contributed by atoms with Crippen molar-refractivity contribution in [2.24, 2.45) is 0 Å². The normalized spacial score (nSPS) is 7.86. The monoisotopic (exact) mass is 232 g/mol. The molecule has 0 spiro atoms. The van der Waals surface area contributed by atoms with Crippen molar-refractivity contribution < 1.29 is 9.50 Å².